The zero-order chi connectivity index (χ0) is 30.2. The first-order valence-corrected chi connectivity index (χ1v) is 15.3. The van der Waals surface area contributed by atoms with Crippen LogP contribution in [0.5, 0.6) is 5.75 Å². The van der Waals surface area contributed by atoms with Gasteiger partial charge in [-0.15, -0.1) is 0 Å². The molecule has 2 heterocycles. The third kappa shape index (κ3) is 6.69. The number of hydrogen-bond acceptors (Lipinski definition) is 5. The van der Waals surface area contributed by atoms with Crippen molar-refractivity contribution in [1.82, 2.24) is 15.1 Å². The molecule has 0 aliphatic carbocycles. The van der Waals surface area contributed by atoms with E-state index in [9.17, 15) is 14.4 Å². The van der Waals surface area contributed by atoms with Gasteiger partial charge < -0.3 is 24.8 Å². The summed E-state index contributed by atoms with van der Waals surface area (Å²) in [5.74, 6) is 0.549. The lowest BCUT2D eigenvalue weighted by Gasteiger charge is -2.43. The normalized spacial score (nSPS) is 16.0. The number of methoxy groups -OCH3 is 1. The van der Waals surface area contributed by atoms with Crippen molar-refractivity contribution in [3.05, 3.63) is 95.6 Å². The quantitative estimate of drug-likeness (QED) is 0.355. The van der Waals surface area contributed by atoms with Crippen LogP contribution in [0.25, 0.3) is 0 Å². The minimum absolute atomic E-state index is 0.000112. The number of rotatable bonds is 11. The van der Waals surface area contributed by atoms with Gasteiger partial charge in [0.05, 0.1) is 13.8 Å². The Morgan fingerprint density at radius 2 is 1.60 bits per heavy atom. The highest BCUT2D eigenvalue weighted by atomic mass is 16.5. The summed E-state index contributed by atoms with van der Waals surface area (Å²) in [4.78, 5) is 46.0. The fourth-order valence-electron chi connectivity index (χ4n) is 6.25. The van der Waals surface area contributed by atoms with Crippen LogP contribution in [0.1, 0.15) is 54.1 Å². The Kier molecular flexibility index (Phi) is 9.65. The first-order chi connectivity index (χ1) is 20.9. The van der Waals surface area contributed by atoms with Gasteiger partial charge in [0.15, 0.2) is 0 Å². The molecule has 0 aromatic heterocycles. The summed E-state index contributed by atoms with van der Waals surface area (Å²) >= 11 is 0. The minimum atomic E-state index is -0.792. The summed E-state index contributed by atoms with van der Waals surface area (Å²) in [7, 11) is 1.64. The summed E-state index contributed by atoms with van der Waals surface area (Å²) in [6.07, 6.45) is 4.94. The monoisotopic (exact) mass is 582 g/mol. The molecule has 2 saturated heterocycles. The van der Waals surface area contributed by atoms with Crippen LogP contribution in [-0.4, -0.2) is 73.0 Å². The van der Waals surface area contributed by atoms with Crippen molar-refractivity contribution < 1.29 is 19.1 Å². The lowest BCUT2D eigenvalue weighted by atomic mass is 9.85. The number of unbranched alkanes of at least 4 members (excludes halogenated alkanes) is 1. The van der Waals surface area contributed by atoms with Gasteiger partial charge in [0, 0.05) is 30.9 Å². The number of nitrogens with one attached hydrogen (secondary N) is 1. The molecule has 3 amide bonds. The Hall–Kier alpha value is -4.33. The Morgan fingerprint density at radius 3 is 2.30 bits per heavy atom. The van der Waals surface area contributed by atoms with Crippen LogP contribution in [-0.2, 0) is 22.4 Å². The van der Waals surface area contributed by atoms with Crippen LogP contribution < -0.4 is 15.0 Å². The number of hydrogen-bond donors (Lipinski definition) is 1. The molecular weight excluding hydrogens is 540 g/mol. The van der Waals surface area contributed by atoms with E-state index in [1.807, 2.05) is 83.8 Å². The van der Waals surface area contributed by atoms with E-state index in [0.717, 1.165) is 36.3 Å². The summed E-state index contributed by atoms with van der Waals surface area (Å²) in [6.45, 7) is 3.90. The summed E-state index contributed by atoms with van der Waals surface area (Å²) in [5.41, 5.74) is 3.10. The second-order valence-electron chi connectivity index (χ2n) is 11.4. The third-order valence-electron chi connectivity index (χ3n) is 8.72. The first-order valence-electron chi connectivity index (χ1n) is 15.3. The van der Waals surface area contributed by atoms with E-state index in [1.165, 1.54) is 5.56 Å². The molecule has 2 fully saturated rings. The van der Waals surface area contributed by atoms with Crippen molar-refractivity contribution in [3.63, 3.8) is 0 Å². The lowest BCUT2D eigenvalue weighted by molar-refractivity contribution is -0.137. The lowest BCUT2D eigenvalue weighted by Crippen LogP contribution is -2.57. The van der Waals surface area contributed by atoms with Gasteiger partial charge in [-0.2, -0.15) is 0 Å². The van der Waals surface area contributed by atoms with E-state index in [4.69, 9.17) is 4.74 Å². The van der Waals surface area contributed by atoms with Crippen LogP contribution in [0.4, 0.5) is 5.69 Å². The average Bonchev–Trinajstić information content (AvgIpc) is 3.30. The molecule has 2 aliphatic rings. The summed E-state index contributed by atoms with van der Waals surface area (Å²) in [6, 6.07) is 25.6. The van der Waals surface area contributed by atoms with Gasteiger partial charge in [-0.1, -0.05) is 61.9 Å². The summed E-state index contributed by atoms with van der Waals surface area (Å²) in [5, 5.41) is 2.97. The molecule has 0 atom stereocenters. The van der Waals surface area contributed by atoms with Crippen molar-refractivity contribution in [3.8, 4) is 5.75 Å². The molecule has 226 valence electrons. The maximum absolute atomic E-state index is 14.0. The zero-order valence-electron chi connectivity index (χ0n) is 25.3. The number of carbonyl (C=O) groups is 3. The highest BCUT2D eigenvalue weighted by molar-refractivity contribution is 5.97. The van der Waals surface area contributed by atoms with Crippen LogP contribution in [0.3, 0.4) is 0 Å². The standard InChI is InChI=1S/C35H42N4O4/c1-3-4-10-27-15-17-29(18-16-27)33(41)37-23-20-35(21-24-37)34(42)38(26-39(35)30-12-6-5-7-13-30)25-32(40)36-22-19-28-11-8-9-14-31(28)43-2/h5-9,11-18H,3-4,10,19-26H2,1-2H3,(H,36,40). The number of nitrogens with zero attached hydrogens (tertiary/aromatic N) is 3. The fraction of sp³-hybridized carbons (Fsp3) is 0.400. The number of piperidine rings is 1. The number of para-hydroxylation sites is 2. The number of benzene rings is 3. The SMILES string of the molecule is CCCCc1ccc(C(=O)N2CCC3(CC2)C(=O)N(CC(=O)NCCc2ccccc2OC)CN3c2ccccc2)cc1. The Labute approximate surface area is 254 Å². The number of anilines is 1. The minimum Gasteiger partial charge on any atom is -0.496 e. The van der Waals surface area contributed by atoms with Gasteiger partial charge in [-0.3, -0.25) is 14.4 Å². The van der Waals surface area contributed by atoms with Crippen LogP contribution >= 0.6 is 0 Å². The molecule has 1 spiro atoms. The second-order valence-corrected chi connectivity index (χ2v) is 11.4. The van der Waals surface area contributed by atoms with Gasteiger partial charge in [-0.25, -0.2) is 0 Å². The first kappa shape index (κ1) is 30.1. The van der Waals surface area contributed by atoms with E-state index in [0.29, 0.717) is 51.1 Å². The van der Waals surface area contributed by atoms with Crippen molar-refractivity contribution in [2.24, 2.45) is 0 Å². The Bertz CT molecular complexity index is 1400. The number of aryl methyl sites for hydroxylation is 1. The molecule has 0 saturated carbocycles. The largest absolute Gasteiger partial charge is 0.496 e. The molecule has 3 aromatic carbocycles. The van der Waals surface area contributed by atoms with Crippen LogP contribution in [0, 0.1) is 0 Å². The van der Waals surface area contributed by atoms with Gasteiger partial charge >= 0.3 is 0 Å². The van der Waals surface area contributed by atoms with Crippen molar-refractivity contribution in [2.45, 2.75) is 51.0 Å². The van der Waals surface area contributed by atoms with Crippen molar-refractivity contribution >= 4 is 23.4 Å². The van der Waals surface area contributed by atoms with E-state index >= 15 is 0 Å². The molecular formula is C35H42N4O4. The number of ether oxygens (including phenoxy) is 1. The van der Waals surface area contributed by atoms with Gasteiger partial charge in [0.1, 0.15) is 17.8 Å². The molecule has 1 N–H and O–H groups in total. The molecule has 3 aromatic rings. The van der Waals surface area contributed by atoms with Crippen molar-refractivity contribution in [1.29, 1.82) is 0 Å². The fourth-order valence-corrected chi connectivity index (χ4v) is 6.25. The van der Waals surface area contributed by atoms with Crippen LogP contribution in [0.15, 0.2) is 78.9 Å². The molecule has 8 nitrogen and oxygen atoms in total. The highest BCUT2D eigenvalue weighted by Gasteiger charge is 2.54. The Morgan fingerprint density at radius 1 is 0.907 bits per heavy atom. The van der Waals surface area contributed by atoms with E-state index in [1.54, 1.807) is 12.0 Å². The molecule has 2 aliphatic heterocycles. The Balaban J connectivity index is 1.24. The molecule has 43 heavy (non-hydrogen) atoms. The number of amides is 3. The van der Waals surface area contributed by atoms with Gasteiger partial charge in [0.25, 0.3) is 11.8 Å². The average molecular weight is 583 g/mol. The smallest absolute Gasteiger partial charge is 0.253 e. The van der Waals surface area contributed by atoms with Gasteiger partial charge in [-0.05, 0) is 73.6 Å². The predicted octanol–water partition coefficient (Wildman–Crippen LogP) is 4.68. The topological polar surface area (TPSA) is 82.2 Å². The maximum atomic E-state index is 14.0. The molecule has 0 bridgehead atoms. The zero-order valence-corrected chi connectivity index (χ0v) is 25.3. The van der Waals surface area contributed by atoms with E-state index in [-0.39, 0.29) is 24.3 Å². The van der Waals surface area contributed by atoms with Crippen molar-refractivity contribution in [2.75, 3.05) is 44.9 Å². The number of likely N-dealkylation sites (tertiary alicyclic amines) is 1. The predicted molar refractivity (Wildman–Crippen MR) is 168 cm³/mol. The third-order valence-corrected chi connectivity index (χ3v) is 8.72. The molecule has 8 heteroatoms. The molecule has 0 radical (unpaired) electrons. The number of carbonyl (C=O) groups excluding carboxylic acids is 3. The maximum Gasteiger partial charge on any atom is 0.253 e. The van der Waals surface area contributed by atoms with E-state index < -0.39 is 5.54 Å². The second kappa shape index (κ2) is 13.8. The molecule has 0 unspecified atom stereocenters. The van der Waals surface area contributed by atoms with Gasteiger partial charge in [0.2, 0.25) is 5.91 Å². The molecule has 5 rings (SSSR count). The summed E-state index contributed by atoms with van der Waals surface area (Å²) < 4.78 is 5.41. The van der Waals surface area contributed by atoms with Crippen LogP contribution in [0.2, 0.25) is 0 Å². The highest BCUT2D eigenvalue weighted by Crippen LogP contribution is 2.39. The van der Waals surface area contributed by atoms with E-state index in [2.05, 4.69) is 17.1 Å².